The lowest BCUT2D eigenvalue weighted by Crippen LogP contribution is -2.41. The second kappa shape index (κ2) is 8.58. The molecule has 30 heavy (non-hydrogen) atoms. The number of nitrogens with zero attached hydrogens (tertiary/aromatic N) is 3. The summed E-state index contributed by atoms with van der Waals surface area (Å²) in [6, 6.07) is 9.50. The monoisotopic (exact) mass is 510 g/mol. The topological polar surface area (TPSA) is 105 Å². The summed E-state index contributed by atoms with van der Waals surface area (Å²) in [7, 11) is -3.58. The molecule has 1 aromatic carbocycles. The van der Waals surface area contributed by atoms with E-state index in [-0.39, 0.29) is 17.0 Å². The van der Waals surface area contributed by atoms with Crippen molar-refractivity contribution >= 4 is 49.2 Å². The predicted octanol–water partition coefficient (Wildman–Crippen LogP) is 4.38. The van der Waals surface area contributed by atoms with Crippen molar-refractivity contribution in [3.8, 4) is 10.8 Å². The van der Waals surface area contributed by atoms with E-state index in [0.29, 0.717) is 18.0 Å². The Balaban J connectivity index is 1.46. The number of anilines is 1. The van der Waals surface area contributed by atoms with Crippen LogP contribution in [0.15, 0.2) is 49.5 Å². The summed E-state index contributed by atoms with van der Waals surface area (Å²) in [5.41, 5.74) is 0.291. The minimum Gasteiger partial charge on any atom is -0.402 e. The van der Waals surface area contributed by atoms with Gasteiger partial charge in [0, 0.05) is 18.2 Å². The number of nitrogens with one attached hydrogen (secondary N) is 1. The highest BCUT2D eigenvalue weighted by atomic mass is 79.9. The zero-order valence-corrected chi connectivity index (χ0v) is 19.3. The Morgan fingerprint density at radius 3 is 2.63 bits per heavy atom. The van der Waals surface area contributed by atoms with Crippen LogP contribution in [-0.2, 0) is 10.0 Å². The van der Waals surface area contributed by atoms with E-state index in [1.54, 1.807) is 0 Å². The second-order valence-electron chi connectivity index (χ2n) is 6.96. The summed E-state index contributed by atoms with van der Waals surface area (Å²) in [6.07, 6.45) is 2.75. The number of rotatable bonds is 5. The Morgan fingerprint density at radius 1 is 1.20 bits per heavy atom. The Hall–Kier alpha value is -2.08. The maximum atomic E-state index is 12.9. The van der Waals surface area contributed by atoms with Crippen molar-refractivity contribution in [2.24, 2.45) is 0 Å². The van der Waals surface area contributed by atoms with Crippen LogP contribution in [0.1, 0.15) is 36.5 Å². The highest BCUT2D eigenvalue weighted by Gasteiger charge is 2.31. The number of sulfonamides is 1. The van der Waals surface area contributed by atoms with Gasteiger partial charge in [0.15, 0.2) is 0 Å². The van der Waals surface area contributed by atoms with E-state index >= 15 is 0 Å². The van der Waals surface area contributed by atoms with Crippen molar-refractivity contribution < 1.29 is 17.6 Å². The fourth-order valence-electron chi connectivity index (χ4n) is 3.31. The second-order valence-corrected chi connectivity index (χ2v) is 11.3. The lowest BCUT2D eigenvalue weighted by Gasteiger charge is -2.32. The van der Waals surface area contributed by atoms with E-state index in [1.807, 2.05) is 19.1 Å². The summed E-state index contributed by atoms with van der Waals surface area (Å²) < 4.78 is 33.7. The Morgan fingerprint density at radius 2 is 1.97 bits per heavy atom. The number of halogens is 1. The molecule has 0 aliphatic carbocycles. The highest BCUT2D eigenvalue weighted by Crippen LogP contribution is 2.31. The van der Waals surface area contributed by atoms with E-state index < -0.39 is 15.9 Å². The van der Waals surface area contributed by atoms with Gasteiger partial charge in [0.1, 0.15) is 0 Å². The normalized spacial score (nSPS) is 17.7. The number of hydrogen-bond acceptors (Lipinski definition) is 7. The van der Waals surface area contributed by atoms with Crippen LogP contribution < -0.4 is 5.32 Å². The first-order chi connectivity index (χ1) is 14.3. The molecule has 1 amide bonds. The van der Waals surface area contributed by atoms with E-state index in [1.165, 1.54) is 39.9 Å². The van der Waals surface area contributed by atoms with Gasteiger partial charge >= 0.3 is 6.01 Å². The number of carbonyl (C=O) groups excluding carboxylic acids is 1. The molecule has 1 saturated heterocycles. The molecule has 8 nitrogen and oxygen atoms in total. The zero-order chi connectivity index (χ0) is 21.3. The van der Waals surface area contributed by atoms with Crippen LogP contribution in [0.3, 0.4) is 0 Å². The quantitative estimate of drug-likeness (QED) is 0.545. The number of carbonyl (C=O) groups is 1. The van der Waals surface area contributed by atoms with Crippen molar-refractivity contribution in [2.75, 3.05) is 11.9 Å². The molecule has 1 aliphatic heterocycles. The summed E-state index contributed by atoms with van der Waals surface area (Å²) in [4.78, 5) is 13.4. The number of benzene rings is 1. The van der Waals surface area contributed by atoms with Gasteiger partial charge in [-0.3, -0.25) is 10.1 Å². The molecule has 0 bridgehead atoms. The average Bonchev–Trinajstić information content (AvgIpc) is 3.37. The maximum absolute atomic E-state index is 12.9. The van der Waals surface area contributed by atoms with Crippen LogP contribution in [0.4, 0.5) is 6.01 Å². The van der Waals surface area contributed by atoms with Crippen molar-refractivity contribution in [2.45, 2.75) is 37.1 Å². The number of aromatic nitrogens is 2. The highest BCUT2D eigenvalue weighted by molar-refractivity contribution is 9.11. The van der Waals surface area contributed by atoms with Gasteiger partial charge in [0.2, 0.25) is 10.0 Å². The first-order valence-electron chi connectivity index (χ1n) is 9.37. The Kier molecular flexibility index (Phi) is 6.05. The molecule has 1 atom stereocenters. The minimum absolute atomic E-state index is 0.0255. The average molecular weight is 511 g/mol. The van der Waals surface area contributed by atoms with Crippen molar-refractivity contribution in [1.82, 2.24) is 14.5 Å². The van der Waals surface area contributed by atoms with Crippen LogP contribution >= 0.6 is 27.3 Å². The maximum Gasteiger partial charge on any atom is 0.322 e. The number of amides is 1. The molecular formula is C19H19BrN4O4S2. The zero-order valence-electron chi connectivity index (χ0n) is 16.0. The summed E-state index contributed by atoms with van der Waals surface area (Å²) in [5, 5.41) is 10.3. The Bertz CT molecular complexity index is 1160. The number of thiophene rings is 1. The van der Waals surface area contributed by atoms with Crippen molar-refractivity contribution in [1.29, 1.82) is 0 Å². The molecule has 1 fully saturated rings. The lowest BCUT2D eigenvalue weighted by molar-refractivity contribution is 0.102. The SMILES string of the molecule is CC1CCCCN1S(=O)(=O)c1ccc(C(=O)Nc2nnc(-c3ccc(Br)s3)o2)cc1. The van der Waals surface area contributed by atoms with Gasteiger partial charge in [-0.25, -0.2) is 8.42 Å². The van der Waals surface area contributed by atoms with Gasteiger partial charge in [-0.15, -0.1) is 16.4 Å². The van der Waals surface area contributed by atoms with Crippen LogP contribution in [0, 0.1) is 0 Å². The van der Waals surface area contributed by atoms with E-state index in [9.17, 15) is 13.2 Å². The molecule has 0 radical (unpaired) electrons. The first kappa shape index (κ1) is 21.2. The molecular weight excluding hydrogens is 492 g/mol. The fourth-order valence-corrected chi connectivity index (χ4v) is 6.32. The molecule has 158 valence electrons. The van der Waals surface area contributed by atoms with E-state index in [2.05, 4.69) is 31.4 Å². The predicted molar refractivity (Wildman–Crippen MR) is 117 cm³/mol. The van der Waals surface area contributed by atoms with Crippen LogP contribution in [0.5, 0.6) is 0 Å². The molecule has 3 heterocycles. The number of hydrogen-bond donors (Lipinski definition) is 1. The largest absolute Gasteiger partial charge is 0.402 e. The van der Waals surface area contributed by atoms with Gasteiger partial charge in [0.25, 0.3) is 11.8 Å². The molecule has 1 aliphatic rings. The minimum atomic E-state index is -3.58. The fraction of sp³-hybridized carbons (Fsp3) is 0.316. The van der Waals surface area contributed by atoms with Gasteiger partial charge < -0.3 is 4.42 Å². The first-order valence-corrected chi connectivity index (χ1v) is 12.4. The van der Waals surface area contributed by atoms with Crippen LogP contribution in [0.2, 0.25) is 0 Å². The van der Waals surface area contributed by atoms with Crippen LogP contribution in [0.25, 0.3) is 10.8 Å². The number of piperidine rings is 1. The summed E-state index contributed by atoms with van der Waals surface area (Å²) in [5.74, 6) is -0.161. The molecule has 11 heteroatoms. The third-order valence-electron chi connectivity index (χ3n) is 4.89. The standard InChI is InChI=1S/C19H19BrN4O4S2/c1-12-4-2-3-11-24(12)30(26,27)14-7-5-13(6-8-14)17(25)21-19-23-22-18(28-19)15-9-10-16(20)29-15/h5-10,12H,2-4,11H2,1H3,(H,21,23,25). The van der Waals surface area contributed by atoms with Crippen LogP contribution in [-0.4, -0.2) is 41.4 Å². The van der Waals surface area contributed by atoms with Crippen molar-refractivity contribution in [3.63, 3.8) is 0 Å². The van der Waals surface area contributed by atoms with Gasteiger partial charge in [0.05, 0.1) is 13.6 Å². The van der Waals surface area contributed by atoms with E-state index in [4.69, 9.17) is 4.42 Å². The molecule has 2 aromatic heterocycles. The lowest BCUT2D eigenvalue weighted by atomic mass is 10.1. The Labute approximate surface area is 186 Å². The molecule has 4 rings (SSSR count). The smallest absolute Gasteiger partial charge is 0.322 e. The molecule has 1 unspecified atom stereocenters. The summed E-state index contributed by atoms with van der Waals surface area (Å²) in [6.45, 7) is 2.44. The molecule has 0 saturated carbocycles. The molecule has 0 spiro atoms. The van der Waals surface area contributed by atoms with Crippen molar-refractivity contribution in [3.05, 3.63) is 45.7 Å². The summed E-state index contributed by atoms with van der Waals surface area (Å²) >= 11 is 4.80. The van der Waals surface area contributed by atoms with Gasteiger partial charge in [-0.1, -0.05) is 11.5 Å². The molecule has 3 aromatic rings. The molecule has 1 N–H and O–H groups in total. The third-order valence-corrected chi connectivity index (χ3v) is 8.53. The van der Waals surface area contributed by atoms with Gasteiger partial charge in [-0.05, 0) is 72.1 Å². The van der Waals surface area contributed by atoms with E-state index in [0.717, 1.165) is 27.9 Å². The third kappa shape index (κ3) is 4.34. The van der Waals surface area contributed by atoms with Gasteiger partial charge in [-0.2, -0.15) is 4.31 Å².